The summed E-state index contributed by atoms with van der Waals surface area (Å²) in [5.74, 6) is 0. The Labute approximate surface area is 54.7 Å². The van der Waals surface area contributed by atoms with Gasteiger partial charge in [-0.25, -0.2) is 0 Å². The summed E-state index contributed by atoms with van der Waals surface area (Å²) < 4.78 is 0. The molecule has 1 atom stereocenters. The van der Waals surface area contributed by atoms with Gasteiger partial charge in [-0.05, 0) is 13.0 Å². The van der Waals surface area contributed by atoms with Crippen LogP contribution in [-0.4, -0.2) is 11.2 Å². The van der Waals surface area contributed by atoms with Crippen LogP contribution in [0.15, 0.2) is 24.3 Å². The highest BCUT2D eigenvalue weighted by molar-refractivity contribution is 5.08. The van der Waals surface area contributed by atoms with E-state index in [0.29, 0.717) is 0 Å². The molecule has 0 saturated heterocycles. The third-order valence-corrected chi connectivity index (χ3v) is 0.729. The summed E-state index contributed by atoms with van der Waals surface area (Å²) in [4.78, 5) is 0. The van der Waals surface area contributed by atoms with Gasteiger partial charge in [0.15, 0.2) is 6.10 Å². The second-order valence-electron chi connectivity index (χ2n) is 1.48. The fourth-order valence-corrected chi connectivity index (χ4v) is 0.324. The molecular weight excluding hydrogens is 114 g/mol. The third-order valence-electron chi connectivity index (χ3n) is 0.729. The molecule has 2 heteroatoms. The second kappa shape index (κ2) is 5.07. The van der Waals surface area contributed by atoms with Crippen LogP contribution in [0, 0.1) is 11.3 Å². The molecule has 0 radical (unpaired) electrons. The standard InChI is InChI=1S/C7H9NO/c1-2-3-4-5-7(9)6-8/h2-5,7,9H,1H3/b3-2-,5-4+. The zero-order chi connectivity index (χ0) is 7.11. The van der Waals surface area contributed by atoms with E-state index in [4.69, 9.17) is 10.4 Å². The number of hydrogen-bond donors (Lipinski definition) is 1. The van der Waals surface area contributed by atoms with Gasteiger partial charge in [0.2, 0.25) is 0 Å². The maximum atomic E-state index is 8.60. The van der Waals surface area contributed by atoms with Crippen molar-refractivity contribution in [1.29, 1.82) is 5.26 Å². The topological polar surface area (TPSA) is 44.0 Å². The van der Waals surface area contributed by atoms with E-state index in [2.05, 4.69) is 0 Å². The molecule has 48 valence electrons. The van der Waals surface area contributed by atoms with Crippen LogP contribution in [0.5, 0.6) is 0 Å². The van der Waals surface area contributed by atoms with Crippen molar-refractivity contribution in [1.82, 2.24) is 0 Å². The molecule has 1 N–H and O–H groups in total. The fraction of sp³-hybridized carbons (Fsp3) is 0.286. The van der Waals surface area contributed by atoms with E-state index in [0.717, 1.165) is 0 Å². The van der Waals surface area contributed by atoms with Gasteiger partial charge < -0.3 is 5.11 Å². The molecule has 0 aromatic carbocycles. The van der Waals surface area contributed by atoms with Gasteiger partial charge >= 0.3 is 0 Å². The number of nitrogens with zero attached hydrogens (tertiary/aromatic N) is 1. The molecule has 0 aliphatic heterocycles. The molecule has 0 fully saturated rings. The Morgan fingerprint density at radius 1 is 1.56 bits per heavy atom. The van der Waals surface area contributed by atoms with Gasteiger partial charge in [0.25, 0.3) is 0 Å². The number of aliphatic hydroxyl groups excluding tert-OH is 1. The Bertz CT molecular complexity index is 153. The lowest BCUT2D eigenvalue weighted by Crippen LogP contribution is -1.94. The third kappa shape index (κ3) is 4.79. The Morgan fingerprint density at radius 3 is 2.67 bits per heavy atom. The number of aliphatic hydroxyl groups is 1. The first kappa shape index (κ1) is 7.93. The Morgan fingerprint density at radius 2 is 2.22 bits per heavy atom. The van der Waals surface area contributed by atoms with Crippen molar-refractivity contribution in [3.05, 3.63) is 24.3 Å². The maximum absolute atomic E-state index is 8.60. The predicted octanol–water partition coefficient (Wildman–Crippen LogP) is 1.00. The Balaban J connectivity index is 3.60. The Hall–Kier alpha value is -1.07. The van der Waals surface area contributed by atoms with Crippen molar-refractivity contribution in [2.45, 2.75) is 13.0 Å². The van der Waals surface area contributed by atoms with E-state index >= 15 is 0 Å². The van der Waals surface area contributed by atoms with E-state index < -0.39 is 6.10 Å². The molecule has 0 aromatic heterocycles. The van der Waals surface area contributed by atoms with Crippen LogP contribution >= 0.6 is 0 Å². The smallest absolute Gasteiger partial charge is 0.159 e. The van der Waals surface area contributed by atoms with Crippen LogP contribution in [0.25, 0.3) is 0 Å². The molecular formula is C7H9NO. The highest BCUT2D eigenvalue weighted by Gasteiger charge is 1.88. The molecule has 0 spiro atoms. The summed E-state index contributed by atoms with van der Waals surface area (Å²) >= 11 is 0. The van der Waals surface area contributed by atoms with Crippen molar-refractivity contribution >= 4 is 0 Å². The monoisotopic (exact) mass is 123 g/mol. The van der Waals surface area contributed by atoms with Crippen molar-refractivity contribution in [2.24, 2.45) is 0 Å². The molecule has 1 unspecified atom stereocenters. The minimum atomic E-state index is -0.971. The van der Waals surface area contributed by atoms with Gasteiger partial charge in [0.1, 0.15) is 0 Å². The molecule has 2 nitrogen and oxygen atoms in total. The van der Waals surface area contributed by atoms with Crippen molar-refractivity contribution in [3.63, 3.8) is 0 Å². The van der Waals surface area contributed by atoms with Crippen LogP contribution in [0.3, 0.4) is 0 Å². The highest BCUT2D eigenvalue weighted by atomic mass is 16.3. The van der Waals surface area contributed by atoms with Crippen LogP contribution in [0.1, 0.15) is 6.92 Å². The number of hydrogen-bond acceptors (Lipinski definition) is 2. The van der Waals surface area contributed by atoms with Gasteiger partial charge in [0, 0.05) is 0 Å². The SMILES string of the molecule is C/C=C\C=C\C(O)C#N. The minimum absolute atomic E-state index is 0.971. The van der Waals surface area contributed by atoms with E-state index in [1.165, 1.54) is 6.08 Å². The molecule has 0 saturated carbocycles. The Kier molecular flexibility index (Phi) is 4.47. The minimum Gasteiger partial charge on any atom is -0.374 e. The lowest BCUT2D eigenvalue weighted by Gasteiger charge is -1.85. The van der Waals surface area contributed by atoms with E-state index in [-0.39, 0.29) is 0 Å². The van der Waals surface area contributed by atoms with Gasteiger partial charge in [-0.2, -0.15) is 5.26 Å². The predicted molar refractivity (Wildman–Crippen MR) is 35.6 cm³/mol. The lowest BCUT2D eigenvalue weighted by molar-refractivity contribution is 0.278. The molecule has 0 rings (SSSR count). The summed E-state index contributed by atoms with van der Waals surface area (Å²) in [6.07, 6.45) is 5.65. The van der Waals surface area contributed by atoms with Gasteiger partial charge in [0.05, 0.1) is 6.07 Å². The second-order valence-corrected chi connectivity index (χ2v) is 1.48. The molecule has 0 aliphatic carbocycles. The first-order chi connectivity index (χ1) is 4.31. The van der Waals surface area contributed by atoms with Crippen LogP contribution < -0.4 is 0 Å². The number of rotatable bonds is 2. The average molecular weight is 123 g/mol. The zero-order valence-electron chi connectivity index (χ0n) is 5.28. The number of nitriles is 1. The largest absolute Gasteiger partial charge is 0.374 e. The van der Waals surface area contributed by atoms with Gasteiger partial charge in [-0.15, -0.1) is 0 Å². The maximum Gasteiger partial charge on any atom is 0.159 e. The molecule has 0 amide bonds. The van der Waals surface area contributed by atoms with Crippen molar-refractivity contribution in [2.75, 3.05) is 0 Å². The van der Waals surface area contributed by atoms with Crippen LogP contribution in [0.4, 0.5) is 0 Å². The normalized spacial score (nSPS) is 14.3. The first-order valence-corrected chi connectivity index (χ1v) is 2.68. The average Bonchev–Trinajstić information content (AvgIpc) is 1.89. The summed E-state index contributed by atoms with van der Waals surface area (Å²) in [5.41, 5.74) is 0. The van der Waals surface area contributed by atoms with E-state index in [1.54, 1.807) is 18.2 Å². The molecule has 0 bridgehead atoms. The van der Waals surface area contributed by atoms with Crippen molar-refractivity contribution < 1.29 is 5.11 Å². The molecule has 9 heavy (non-hydrogen) atoms. The summed E-state index contributed by atoms with van der Waals surface area (Å²) in [5, 5.41) is 16.7. The van der Waals surface area contributed by atoms with Crippen LogP contribution in [0.2, 0.25) is 0 Å². The molecule has 0 aliphatic rings. The van der Waals surface area contributed by atoms with Crippen LogP contribution in [-0.2, 0) is 0 Å². The summed E-state index contributed by atoms with van der Waals surface area (Å²) in [6, 6.07) is 1.66. The zero-order valence-corrected chi connectivity index (χ0v) is 5.28. The molecule has 0 aromatic rings. The van der Waals surface area contributed by atoms with Crippen molar-refractivity contribution in [3.8, 4) is 6.07 Å². The summed E-state index contributed by atoms with van der Waals surface area (Å²) in [6.45, 7) is 1.86. The first-order valence-electron chi connectivity index (χ1n) is 2.68. The van der Waals surface area contributed by atoms with E-state index in [1.807, 2.05) is 13.0 Å². The van der Waals surface area contributed by atoms with E-state index in [9.17, 15) is 0 Å². The summed E-state index contributed by atoms with van der Waals surface area (Å²) in [7, 11) is 0. The highest BCUT2D eigenvalue weighted by Crippen LogP contribution is 1.83. The quantitative estimate of drug-likeness (QED) is 0.439. The fourth-order valence-electron chi connectivity index (χ4n) is 0.324. The molecule has 0 heterocycles. The van der Waals surface area contributed by atoms with Gasteiger partial charge in [-0.1, -0.05) is 18.2 Å². The van der Waals surface area contributed by atoms with Gasteiger partial charge in [-0.3, -0.25) is 0 Å². The number of allylic oxidation sites excluding steroid dienone is 3. The lowest BCUT2D eigenvalue weighted by atomic mass is 10.3.